The Morgan fingerprint density at radius 2 is 1.80 bits per heavy atom. The first kappa shape index (κ1) is 24.2. The lowest BCUT2D eigenvalue weighted by atomic mass is 9.98. The summed E-state index contributed by atoms with van der Waals surface area (Å²) in [6, 6.07) is 19.3. The second-order valence-electron chi connectivity index (χ2n) is 7.88. The first-order chi connectivity index (χ1) is 17.0. The molecule has 35 heavy (non-hydrogen) atoms. The Morgan fingerprint density at radius 3 is 2.49 bits per heavy atom. The number of furan rings is 1. The molecule has 2 amide bonds. The zero-order valence-corrected chi connectivity index (χ0v) is 19.6. The molecule has 0 fully saturated rings. The topological polar surface area (TPSA) is 116 Å². The standard InChI is InChI=1S/C25H24FN5O3S/c26-20-10-8-17(9-11-20)13-19(23(27)33)14-28-22(32)16-35-25-30-29-24(21-7-4-12-34-21)31(25)15-18-5-2-1-3-6-18/h1-12,19H,13-16H2,(H2,27,33)(H,28,32). The minimum atomic E-state index is -0.610. The van der Waals surface area contributed by atoms with Crippen LogP contribution in [0.4, 0.5) is 4.39 Å². The Morgan fingerprint density at radius 1 is 1.03 bits per heavy atom. The fourth-order valence-corrected chi connectivity index (χ4v) is 4.26. The van der Waals surface area contributed by atoms with Gasteiger partial charge in [-0.1, -0.05) is 54.2 Å². The molecule has 180 valence electrons. The Bertz CT molecular complexity index is 1260. The van der Waals surface area contributed by atoms with Crippen LogP contribution >= 0.6 is 11.8 Å². The first-order valence-electron chi connectivity index (χ1n) is 10.9. The lowest BCUT2D eigenvalue weighted by Gasteiger charge is -2.14. The summed E-state index contributed by atoms with van der Waals surface area (Å²) in [5.74, 6) is -0.550. The molecular weight excluding hydrogens is 469 g/mol. The molecule has 0 bridgehead atoms. The van der Waals surface area contributed by atoms with Gasteiger partial charge in [-0.3, -0.25) is 14.2 Å². The van der Waals surface area contributed by atoms with Crippen LogP contribution in [0, 0.1) is 11.7 Å². The number of halogens is 1. The lowest BCUT2D eigenvalue weighted by molar-refractivity contribution is -0.122. The molecule has 0 spiro atoms. The highest BCUT2D eigenvalue weighted by Gasteiger charge is 2.20. The number of nitrogens with one attached hydrogen (secondary N) is 1. The van der Waals surface area contributed by atoms with Crippen LogP contribution in [0.2, 0.25) is 0 Å². The highest BCUT2D eigenvalue weighted by Crippen LogP contribution is 2.25. The Hall–Kier alpha value is -3.92. The SMILES string of the molecule is NC(=O)C(CNC(=O)CSc1nnc(-c2ccco2)n1Cc1ccccc1)Cc1ccc(F)cc1. The van der Waals surface area contributed by atoms with E-state index in [1.54, 1.807) is 30.5 Å². The fraction of sp³-hybridized carbons (Fsp3) is 0.200. The number of benzene rings is 2. The summed E-state index contributed by atoms with van der Waals surface area (Å²) in [6.45, 7) is 0.593. The Balaban J connectivity index is 1.39. The zero-order chi connectivity index (χ0) is 24.6. The third-order valence-electron chi connectivity index (χ3n) is 5.32. The summed E-state index contributed by atoms with van der Waals surface area (Å²) in [7, 11) is 0. The third-order valence-corrected chi connectivity index (χ3v) is 6.28. The van der Waals surface area contributed by atoms with E-state index >= 15 is 0 Å². The van der Waals surface area contributed by atoms with Gasteiger partial charge in [0.15, 0.2) is 10.9 Å². The summed E-state index contributed by atoms with van der Waals surface area (Å²) in [5.41, 5.74) is 7.32. The number of thioether (sulfide) groups is 1. The maximum absolute atomic E-state index is 13.1. The Kier molecular flexibility index (Phi) is 7.94. The van der Waals surface area contributed by atoms with E-state index in [0.717, 1.165) is 11.1 Å². The van der Waals surface area contributed by atoms with E-state index in [4.69, 9.17) is 10.2 Å². The largest absolute Gasteiger partial charge is 0.461 e. The molecule has 0 saturated heterocycles. The van der Waals surface area contributed by atoms with Gasteiger partial charge in [0.25, 0.3) is 0 Å². The van der Waals surface area contributed by atoms with Crippen molar-refractivity contribution in [2.75, 3.05) is 12.3 Å². The third kappa shape index (κ3) is 6.57. The Labute approximate surface area is 205 Å². The monoisotopic (exact) mass is 493 g/mol. The van der Waals surface area contributed by atoms with Crippen LogP contribution < -0.4 is 11.1 Å². The van der Waals surface area contributed by atoms with Crippen molar-refractivity contribution in [3.8, 4) is 11.6 Å². The van der Waals surface area contributed by atoms with Gasteiger partial charge in [0.2, 0.25) is 17.6 Å². The fourth-order valence-electron chi connectivity index (χ4n) is 3.49. The number of rotatable bonds is 11. The number of nitrogens with two attached hydrogens (primary N) is 1. The second-order valence-corrected chi connectivity index (χ2v) is 8.82. The molecule has 4 aromatic rings. The van der Waals surface area contributed by atoms with E-state index in [2.05, 4.69) is 15.5 Å². The molecule has 8 nitrogen and oxygen atoms in total. The van der Waals surface area contributed by atoms with Crippen LogP contribution in [0.5, 0.6) is 0 Å². The molecule has 2 aromatic heterocycles. The number of carbonyl (C=O) groups excluding carboxylic acids is 2. The van der Waals surface area contributed by atoms with Crippen LogP contribution in [-0.4, -0.2) is 38.9 Å². The smallest absolute Gasteiger partial charge is 0.230 e. The van der Waals surface area contributed by atoms with E-state index in [9.17, 15) is 14.0 Å². The zero-order valence-electron chi connectivity index (χ0n) is 18.8. The maximum Gasteiger partial charge on any atom is 0.230 e. The minimum Gasteiger partial charge on any atom is -0.461 e. The predicted octanol–water partition coefficient (Wildman–Crippen LogP) is 3.28. The molecule has 0 aliphatic rings. The normalized spacial score (nSPS) is 11.8. The molecule has 0 aliphatic carbocycles. The second kappa shape index (κ2) is 11.5. The van der Waals surface area contributed by atoms with Crippen LogP contribution in [0.25, 0.3) is 11.6 Å². The molecule has 1 atom stereocenters. The molecular formula is C25H24FN5O3S. The molecule has 0 saturated carbocycles. The average Bonchev–Trinajstić information content (AvgIpc) is 3.52. The van der Waals surface area contributed by atoms with E-state index in [0.29, 0.717) is 29.7 Å². The summed E-state index contributed by atoms with van der Waals surface area (Å²) >= 11 is 1.24. The summed E-state index contributed by atoms with van der Waals surface area (Å²) < 4.78 is 20.5. The summed E-state index contributed by atoms with van der Waals surface area (Å²) in [5, 5.41) is 11.8. The number of aromatic nitrogens is 3. The van der Waals surface area contributed by atoms with Gasteiger partial charge in [-0.15, -0.1) is 10.2 Å². The van der Waals surface area contributed by atoms with Crippen molar-refractivity contribution in [1.29, 1.82) is 0 Å². The molecule has 3 N–H and O–H groups in total. The van der Waals surface area contributed by atoms with E-state index < -0.39 is 11.8 Å². The molecule has 1 unspecified atom stereocenters. The molecule has 10 heteroatoms. The first-order valence-corrected chi connectivity index (χ1v) is 11.9. The van der Waals surface area contributed by atoms with Gasteiger partial charge >= 0.3 is 0 Å². The number of hydrogen-bond acceptors (Lipinski definition) is 6. The van der Waals surface area contributed by atoms with Crippen molar-refractivity contribution in [3.05, 3.63) is 89.9 Å². The summed E-state index contributed by atoms with van der Waals surface area (Å²) in [4.78, 5) is 24.4. The highest BCUT2D eigenvalue weighted by atomic mass is 32.2. The number of nitrogens with zero attached hydrogens (tertiary/aromatic N) is 3. The highest BCUT2D eigenvalue weighted by molar-refractivity contribution is 7.99. The van der Waals surface area contributed by atoms with Crippen LogP contribution in [0.1, 0.15) is 11.1 Å². The molecule has 2 aromatic carbocycles. The van der Waals surface area contributed by atoms with Gasteiger partial charge in [0, 0.05) is 6.54 Å². The average molecular weight is 494 g/mol. The van der Waals surface area contributed by atoms with Gasteiger partial charge in [0.1, 0.15) is 5.82 Å². The number of primary amides is 1. The van der Waals surface area contributed by atoms with Crippen molar-refractivity contribution >= 4 is 23.6 Å². The van der Waals surface area contributed by atoms with Crippen molar-refractivity contribution in [3.63, 3.8) is 0 Å². The number of amides is 2. The van der Waals surface area contributed by atoms with Crippen molar-refractivity contribution in [2.45, 2.75) is 18.1 Å². The van der Waals surface area contributed by atoms with E-state index in [-0.39, 0.29) is 24.0 Å². The van der Waals surface area contributed by atoms with Crippen LogP contribution in [0.3, 0.4) is 0 Å². The maximum atomic E-state index is 13.1. The van der Waals surface area contributed by atoms with Crippen molar-refractivity contribution in [1.82, 2.24) is 20.1 Å². The predicted molar refractivity (Wildman–Crippen MR) is 130 cm³/mol. The van der Waals surface area contributed by atoms with Crippen molar-refractivity contribution in [2.24, 2.45) is 11.7 Å². The van der Waals surface area contributed by atoms with Crippen LogP contribution in [0.15, 0.2) is 82.6 Å². The van der Waals surface area contributed by atoms with Gasteiger partial charge < -0.3 is 15.5 Å². The molecule has 0 radical (unpaired) electrons. The van der Waals surface area contributed by atoms with Gasteiger partial charge in [-0.05, 0) is 41.8 Å². The minimum absolute atomic E-state index is 0.0765. The molecule has 4 rings (SSSR count). The van der Waals surface area contributed by atoms with E-state index in [1.807, 2.05) is 34.9 Å². The van der Waals surface area contributed by atoms with Crippen LogP contribution in [-0.2, 0) is 22.6 Å². The molecule has 0 aliphatic heterocycles. The van der Waals surface area contributed by atoms with Crippen molar-refractivity contribution < 1.29 is 18.4 Å². The van der Waals surface area contributed by atoms with Gasteiger partial charge in [0.05, 0.1) is 24.5 Å². The van der Waals surface area contributed by atoms with E-state index in [1.165, 1.54) is 23.9 Å². The van der Waals surface area contributed by atoms with Gasteiger partial charge in [-0.25, -0.2) is 4.39 Å². The van der Waals surface area contributed by atoms with Gasteiger partial charge in [-0.2, -0.15) is 0 Å². The number of hydrogen-bond donors (Lipinski definition) is 2. The quantitative estimate of drug-likeness (QED) is 0.310. The molecule has 2 heterocycles. The lowest BCUT2D eigenvalue weighted by Crippen LogP contribution is -2.38. The number of carbonyl (C=O) groups is 2. The summed E-state index contributed by atoms with van der Waals surface area (Å²) in [6.07, 6.45) is 1.87.